The number of hydrogen-bond acceptors (Lipinski definition) is 5. The van der Waals surface area contributed by atoms with E-state index in [4.69, 9.17) is 16.3 Å². The second-order valence-corrected chi connectivity index (χ2v) is 7.54. The highest BCUT2D eigenvalue weighted by molar-refractivity contribution is 6.35. The molecule has 34 heavy (non-hydrogen) atoms. The number of nitrogens with one attached hydrogen (secondary N) is 3. The van der Waals surface area contributed by atoms with E-state index in [1.54, 1.807) is 48.5 Å². The maximum absolute atomic E-state index is 12.0. The van der Waals surface area contributed by atoms with Gasteiger partial charge in [0.15, 0.2) is 6.61 Å². The fourth-order valence-corrected chi connectivity index (χ4v) is 2.95. The Hall–Kier alpha value is -4.17. The first-order valence-corrected chi connectivity index (χ1v) is 10.8. The Morgan fingerprint density at radius 1 is 0.912 bits per heavy atom. The fourth-order valence-electron chi connectivity index (χ4n) is 2.83. The molecule has 3 amide bonds. The molecule has 3 aromatic rings. The Labute approximate surface area is 202 Å². The second kappa shape index (κ2) is 12.8. The third-order valence-electron chi connectivity index (χ3n) is 4.48. The fraction of sp³-hybridized carbons (Fsp3) is 0.120. The molecule has 0 bridgehead atoms. The topological polar surface area (TPSA) is 109 Å². The number of nitrogens with zero attached hydrogens (tertiary/aromatic N) is 1. The first-order valence-electron chi connectivity index (χ1n) is 10.4. The van der Waals surface area contributed by atoms with E-state index in [1.165, 1.54) is 6.21 Å². The average molecular weight is 479 g/mol. The lowest BCUT2D eigenvalue weighted by atomic mass is 10.1. The summed E-state index contributed by atoms with van der Waals surface area (Å²) in [5.41, 5.74) is 4.47. The zero-order valence-corrected chi connectivity index (χ0v) is 18.9. The molecular formula is C25H23ClN4O4. The van der Waals surface area contributed by atoms with E-state index in [-0.39, 0.29) is 12.5 Å². The summed E-state index contributed by atoms with van der Waals surface area (Å²) in [4.78, 5) is 35.8. The van der Waals surface area contributed by atoms with E-state index in [2.05, 4.69) is 21.2 Å². The molecule has 0 fully saturated rings. The molecule has 0 saturated carbocycles. The molecule has 0 aliphatic heterocycles. The Morgan fingerprint density at radius 2 is 1.68 bits per heavy atom. The molecule has 0 spiro atoms. The molecule has 0 aromatic heterocycles. The molecule has 3 rings (SSSR count). The van der Waals surface area contributed by atoms with Gasteiger partial charge >= 0.3 is 11.8 Å². The first-order chi connectivity index (χ1) is 16.5. The summed E-state index contributed by atoms with van der Waals surface area (Å²) >= 11 is 5.82. The highest BCUT2D eigenvalue weighted by Crippen LogP contribution is 2.14. The number of halogens is 1. The van der Waals surface area contributed by atoms with Crippen LogP contribution in [0.5, 0.6) is 5.75 Å². The van der Waals surface area contributed by atoms with Crippen molar-refractivity contribution in [2.24, 2.45) is 5.10 Å². The molecule has 174 valence electrons. The summed E-state index contributed by atoms with van der Waals surface area (Å²) in [6.45, 7) is 0.147. The van der Waals surface area contributed by atoms with Gasteiger partial charge in [-0.25, -0.2) is 5.43 Å². The van der Waals surface area contributed by atoms with Crippen LogP contribution in [0.2, 0.25) is 5.02 Å². The van der Waals surface area contributed by atoms with Crippen LogP contribution >= 0.6 is 11.6 Å². The van der Waals surface area contributed by atoms with Crippen LogP contribution in [0.3, 0.4) is 0 Å². The van der Waals surface area contributed by atoms with E-state index in [9.17, 15) is 14.4 Å². The number of amides is 3. The van der Waals surface area contributed by atoms with E-state index in [0.717, 1.165) is 5.56 Å². The minimum Gasteiger partial charge on any atom is -0.484 e. The third-order valence-corrected chi connectivity index (χ3v) is 4.74. The highest BCUT2D eigenvalue weighted by atomic mass is 35.5. The predicted octanol–water partition coefficient (Wildman–Crippen LogP) is 3.17. The van der Waals surface area contributed by atoms with Gasteiger partial charge in [-0.1, -0.05) is 54.1 Å². The van der Waals surface area contributed by atoms with Crippen LogP contribution in [0.25, 0.3) is 0 Å². The average Bonchev–Trinajstić information content (AvgIpc) is 2.85. The van der Waals surface area contributed by atoms with Crippen molar-refractivity contribution in [2.75, 3.05) is 18.5 Å². The van der Waals surface area contributed by atoms with Gasteiger partial charge in [-0.2, -0.15) is 5.10 Å². The quantitative estimate of drug-likeness (QED) is 0.249. The number of carbonyl (C=O) groups is 3. The second-order valence-electron chi connectivity index (χ2n) is 7.11. The van der Waals surface area contributed by atoms with Crippen LogP contribution in [0, 0.1) is 0 Å². The molecule has 0 aliphatic carbocycles. The predicted molar refractivity (Wildman–Crippen MR) is 131 cm³/mol. The van der Waals surface area contributed by atoms with E-state index >= 15 is 0 Å². The number of benzene rings is 3. The summed E-state index contributed by atoms with van der Waals surface area (Å²) in [7, 11) is 0. The maximum atomic E-state index is 12.0. The first kappa shape index (κ1) is 24.5. The van der Waals surface area contributed by atoms with Gasteiger partial charge in [-0.15, -0.1) is 0 Å². The van der Waals surface area contributed by atoms with Crippen molar-refractivity contribution in [1.29, 1.82) is 0 Å². The van der Waals surface area contributed by atoms with Crippen molar-refractivity contribution >= 4 is 41.2 Å². The van der Waals surface area contributed by atoms with Crippen molar-refractivity contribution in [2.45, 2.75) is 6.42 Å². The normalized spacial score (nSPS) is 10.5. The Morgan fingerprint density at radius 3 is 2.44 bits per heavy atom. The lowest BCUT2D eigenvalue weighted by molar-refractivity contribution is -0.139. The minimum atomic E-state index is -0.865. The van der Waals surface area contributed by atoms with Gasteiger partial charge in [0.25, 0.3) is 5.91 Å². The van der Waals surface area contributed by atoms with Crippen molar-refractivity contribution in [3.8, 4) is 5.75 Å². The molecule has 3 N–H and O–H groups in total. The molecule has 0 radical (unpaired) electrons. The van der Waals surface area contributed by atoms with Crippen LogP contribution in [-0.4, -0.2) is 37.1 Å². The number of carbonyl (C=O) groups excluding carboxylic acids is 3. The van der Waals surface area contributed by atoms with Crippen molar-refractivity contribution in [3.63, 3.8) is 0 Å². The van der Waals surface area contributed by atoms with Crippen molar-refractivity contribution in [1.82, 2.24) is 10.7 Å². The molecule has 0 atom stereocenters. The minimum absolute atomic E-state index is 0.191. The Bertz CT molecular complexity index is 1150. The lowest BCUT2D eigenvalue weighted by Crippen LogP contribution is -2.38. The van der Waals surface area contributed by atoms with Gasteiger partial charge in [0.1, 0.15) is 5.75 Å². The van der Waals surface area contributed by atoms with Gasteiger partial charge in [0.05, 0.1) is 6.21 Å². The van der Waals surface area contributed by atoms with E-state index in [1.807, 2.05) is 30.3 Å². The molecule has 8 nitrogen and oxygen atoms in total. The summed E-state index contributed by atoms with van der Waals surface area (Å²) in [5, 5.41) is 9.62. The zero-order chi connectivity index (χ0) is 24.2. The highest BCUT2D eigenvalue weighted by Gasteiger charge is 2.11. The van der Waals surface area contributed by atoms with Crippen LogP contribution in [0.1, 0.15) is 11.1 Å². The standard InChI is InChI=1S/C25H23ClN4O4/c26-20-9-11-21(12-10-20)29-23(31)17-34-22-8-4-7-19(15-22)16-28-30-25(33)24(32)27-14-13-18-5-2-1-3-6-18/h1-12,15-16H,13-14,17H2,(H,27,32)(H,29,31)(H,30,33)/b28-16-. The summed E-state index contributed by atoms with van der Waals surface area (Å²) in [6, 6.07) is 23.1. The van der Waals surface area contributed by atoms with Crippen LogP contribution in [0.15, 0.2) is 84.0 Å². The zero-order valence-electron chi connectivity index (χ0n) is 18.2. The smallest absolute Gasteiger partial charge is 0.329 e. The third kappa shape index (κ3) is 8.40. The molecule has 0 heterocycles. The molecule has 0 unspecified atom stereocenters. The van der Waals surface area contributed by atoms with Gasteiger partial charge < -0.3 is 15.4 Å². The Balaban J connectivity index is 1.40. The molecule has 3 aromatic carbocycles. The van der Waals surface area contributed by atoms with Crippen LogP contribution in [-0.2, 0) is 20.8 Å². The Kier molecular flexibility index (Phi) is 9.19. The van der Waals surface area contributed by atoms with Gasteiger partial charge in [-0.05, 0) is 53.9 Å². The summed E-state index contributed by atoms with van der Waals surface area (Å²) in [6.07, 6.45) is 1.99. The van der Waals surface area contributed by atoms with Crippen LogP contribution < -0.4 is 20.8 Å². The monoisotopic (exact) mass is 478 g/mol. The number of hydrazone groups is 1. The number of hydrogen-bond donors (Lipinski definition) is 3. The molecule has 0 saturated heterocycles. The lowest BCUT2D eigenvalue weighted by Gasteiger charge is -2.08. The van der Waals surface area contributed by atoms with Crippen molar-refractivity contribution < 1.29 is 19.1 Å². The SMILES string of the molecule is O=C(COc1cccc(/C=N\NC(=O)C(=O)NCCc2ccccc2)c1)Nc1ccc(Cl)cc1. The van der Waals surface area contributed by atoms with Crippen LogP contribution in [0.4, 0.5) is 5.69 Å². The largest absolute Gasteiger partial charge is 0.484 e. The maximum Gasteiger partial charge on any atom is 0.329 e. The summed E-state index contributed by atoms with van der Waals surface area (Å²) in [5.74, 6) is -1.51. The molecule has 9 heteroatoms. The van der Waals surface area contributed by atoms with Gasteiger partial charge in [0.2, 0.25) is 0 Å². The summed E-state index contributed by atoms with van der Waals surface area (Å²) < 4.78 is 5.50. The van der Waals surface area contributed by atoms with E-state index in [0.29, 0.717) is 35.0 Å². The number of anilines is 1. The van der Waals surface area contributed by atoms with Gasteiger partial charge in [0, 0.05) is 17.3 Å². The number of rotatable bonds is 9. The van der Waals surface area contributed by atoms with E-state index < -0.39 is 11.8 Å². The van der Waals surface area contributed by atoms with Crippen molar-refractivity contribution in [3.05, 3.63) is 95.0 Å². The molecular weight excluding hydrogens is 456 g/mol. The number of ether oxygens (including phenoxy) is 1. The van der Waals surface area contributed by atoms with Gasteiger partial charge in [-0.3, -0.25) is 14.4 Å². The molecule has 0 aliphatic rings.